The molecule has 15 heavy (non-hydrogen) atoms. The van der Waals surface area contributed by atoms with Crippen molar-refractivity contribution in [3.05, 3.63) is 0 Å². The van der Waals surface area contributed by atoms with Crippen LogP contribution in [0.25, 0.3) is 0 Å². The Kier molecular flexibility index (Phi) is 9.49. The molecule has 0 aromatic carbocycles. The number of alkyl halides is 1. The van der Waals surface area contributed by atoms with E-state index in [9.17, 15) is 8.42 Å². The van der Waals surface area contributed by atoms with Crippen molar-refractivity contribution in [1.82, 2.24) is 5.32 Å². The summed E-state index contributed by atoms with van der Waals surface area (Å²) in [6.45, 7) is 4.13. The summed E-state index contributed by atoms with van der Waals surface area (Å²) >= 11 is 5.41. The topological polar surface area (TPSA) is 55.4 Å². The van der Waals surface area contributed by atoms with Crippen LogP contribution in [0.5, 0.6) is 0 Å². The summed E-state index contributed by atoms with van der Waals surface area (Å²) in [4.78, 5) is 0. The summed E-state index contributed by atoms with van der Waals surface area (Å²) in [7, 11) is -2.85. The summed E-state index contributed by atoms with van der Waals surface area (Å²) in [5, 5.41) is 3.01. The highest BCUT2D eigenvalue weighted by Gasteiger charge is 2.07. The van der Waals surface area contributed by atoms with E-state index in [1.165, 1.54) is 0 Å². The van der Waals surface area contributed by atoms with E-state index < -0.39 is 9.84 Å². The van der Waals surface area contributed by atoms with Gasteiger partial charge in [0.1, 0.15) is 0 Å². The molecule has 92 valence electrons. The Morgan fingerprint density at radius 3 is 2.53 bits per heavy atom. The molecule has 0 atom stereocenters. The summed E-state index contributed by atoms with van der Waals surface area (Å²) in [6.07, 6.45) is 0.682. The van der Waals surface area contributed by atoms with Crippen molar-refractivity contribution >= 4 is 21.4 Å². The molecule has 0 spiro atoms. The molecule has 0 heterocycles. The highest BCUT2D eigenvalue weighted by Crippen LogP contribution is 1.91. The number of sulfone groups is 1. The summed E-state index contributed by atoms with van der Waals surface area (Å²) < 4.78 is 27.7. The maximum absolute atomic E-state index is 11.3. The fourth-order valence-electron chi connectivity index (χ4n) is 1.07. The molecule has 0 aliphatic carbocycles. The van der Waals surface area contributed by atoms with E-state index in [0.29, 0.717) is 38.6 Å². The van der Waals surface area contributed by atoms with E-state index in [1.54, 1.807) is 0 Å². The van der Waals surface area contributed by atoms with Crippen LogP contribution in [-0.2, 0) is 14.6 Å². The SMILES string of the molecule is CCCS(=O)(=O)CCNCCOCCCl. The van der Waals surface area contributed by atoms with Crippen molar-refractivity contribution in [2.24, 2.45) is 0 Å². The maximum Gasteiger partial charge on any atom is 0.151 e. The fourth-order valence-corrected chi connectivity index (χ4v) is 2.46. The zero-order chi connectivity index (χ0) is 11.6. The highest BCUT2D eigenvalue weighted by molar-refractivity contribution is 7.91. The Labute approximate surface area is 97.3 Å². The number of halogens is 1. The van der Waals surface area contributed by atoms with Gasteiger partial charge in [-0.2, -0.15) is 0 Å². The van der Waals surface area contributed by atoms with Gasteiger partial charge in [0.05, 0.1) is 19.0 Å². The van der Waals surface area contributed by atoms with Crippen LogP contribution in [0, 0.1) is 0 Å². The van der Waals surface area contributed by atoms with Crippen molar-refractivity contribution in [2.45, 2.75) is 13.3 Å². The second-order valence-corrected chi connectivity index (χ2v) is 5.88. The number of hydrogen-bond donors (Lipinski definition) is 1. The minimum absolute atomic E-state index is 0.205. The second-order valence-electron chi connectivity index (χ2n) is 3.20. The summed E-state index contributed by atoms with van der Waals surface area (Å²) in [6, 6.07) is 0. The van der Waals surface area contributed by atoms with Crippen LogP contribution < -0.4 is 5.32 Å². The molecule has 4 nitrogen and oxygen atoms in total. The molecule has 0 saturated heterocycles. The zero-order valence-electron chi connectivity index (χ0n) is 9.17. The molecule has 1 N–H and O–H groups in total. The van der Waals surface area contributed by atoms with Gasteiger partial charge in [0.25, 0.3) is 0 Å². The standard InChI is InChI=1S/C9H20ClNO3S/c1-2-8-15(12,13)9-5-11-4-7-14-6-3-10/h11H,2-9H2,1H3. The van der Waals surface area contributed by atoms with Crippen LogP contribution in [0.3, 0.4) is 0 Å². The Bertz CT molecular complexity index is 232. The van der Waals surface area contributed by atoms with Crippen molar-refractivity contribution in [2.75, 3.05) is 43.7 Å². The van der Waals surface area contributed by atoms with Crippen molar-refractivity contribution < 1.29 is 13.2 Å². The van der Waals surface area contributed by atoms with Crippen molar-refractivity contribution in [3.8, 4) is 0 Å². The molecular weight excluding hydrogens is 238 g/mol. The van der Waals surface area contributed by atoms with Crippen molar-refractivity contribution in [1.29, 1.82) is 0 Å². The monoisotopic (exact) mass is 257 g/mol. The molecule has 0 aliphatic heterocycles. The van der Waals surface area contributed by atoms with Gasteiger partial charge in [0.2, 0.25) is 0 Å². The van der Waals surface area contributed by atoms with E-state index in [2.05, 4.69) is 5.32 Å². The van der Waals surface area contributed by atoms with Gasteiger partial charge in [-0.05, 0) is 6.42 Å². The Balaban J connectivity index is 3.31. The van der Waals surface area contributed by atoms with Gasteiger partial charge in [-0.25, -0.2) is 8.42 Å². The molecule has 0 rings (SSSR count). The molecular formula is C9H20ClNO3S. The molecule has 0 unspecified atom stereocenters. The molecule has 0 aliphatic rings. The molecule has 0 fully saturated rings. The second kappa shape index (κ2) is 9.39. The van der Waals surface area contributed by atoms with E-state index in [-0.39, 0.29) is 11.5 Å². The lowest BCUT2D eigenvalue weighted by Gasteiger charge is -2.05. The third kappa shape index (κ3) is 10.4. The van der Waals surface area contributed by atoms with Gasteiger partial charge in [-0.3, -0.25) is 0 Å². The first kappa shape index (κ1) is 15.2. The molecule has 0 radical (unpaired) electrons. The van der Waals surface area contributed by atoms with Crippen LogP contribution in [0.15, 0.2) is 0 Å². The first-order valence-electron chi connectivity index (χ1n) is 5.17. The largest absolute Gasteiger partial charge is 0.379 e. The molecule has 0 amide bonds. The van der Waals surface area contributed by atoms with Gasteiger partial charge in [0.15, 0.2) is 9.84 Å². The smallest absolute Gasteiger partial charge is 0.151 e. The van der Waals surface area contributed by atoms with Crippen LogP contribution in [-0.4, -0.2) is 52.1 Å². The van der Waals surface area contributed by atoms with Crippen molar-refractivity contribution in [3.63, 3.8) is 0 Å². The lowest BCUT2D eigenvalue weighted by atomic mass is 10.6. The molecule has 0 bridgehead atoms. The van der Waals surface area contributed by atoms with Crippen LogP contribution in [0.2, 0.25) is 0 Å². The number of nitrogens with one attached hydrogen (secondary N) is 1. The lowest BCUT2D eigenvalue weighted by molar-refractivity contribution is 0.151. The quantitative estimate of drug-likeness (QED) is 0.461. The summed E-state index contributed by atoms with van der Waals surface area (Å²) in [5.74, 6) is 0.971. The average molecular weight is 258 g/mol. The first-order chi connectivity index (χ1) is 7.12. The zero-order valence-corrected chi connectivity index (χ0v) is 10.7. The normalized spacial score (nSPS) is 11.9. The molecule has 0 aromatic heterocycles. The minimum Gasteiger partial charge on any atom is -0.379 e. The van der Waals surface area contributed by atoms with E-state index >= 15 is 0 Å². The third-order valence-electron chi connectivity index (χ3n) is 1.75. The summed E-state index contributed by atoms with van der Waals surface area (Å²) in [5.41, 5.74) is 0. The van der Waals surface area contributed by atoms with Crippen LogP contribution in [0.1, 0.15) is 13.3 Å². The third-order valence-corrected chi connectivity index (χ3v) is 3.76. The average Bonchev–Trinajstić information content (AvgIpc) is 2.16. The van der Waals surface area contributed by atoms with Gasteiger partial charge in [-0.1, -0.05) is 6.92 Å². The number of ether oxygens (including phenoxy) is 1. The Morgan fingerprint density at radius 1 is 1.20 bits per heavy atom. The highest BCUT2D eigenvalue weighted by atomic mass is 35.5. The molecule has 0 aromatic rings. The lowest BCUT2D eigenvalue weighted by Crippen LogP contribution is -2.27. The van der Waals surface area contributed by atoms with E-state index in [4.69, 9.17) is 16.3 Å². The number of hydrogen-bond acceptors (Lipinski definition) is 4. The van der Waals surface area contributed by atoms with E-state index in [0.717, 1.165) is 0 Å². The van der Waals surface area contributed by atoms with E-state index in [1.807, 2.05) is 6.92 Å². The Morgan fingerprint density at radius 2 is 1.93 bits per heavy atom. The molecule has 0 saturated carbocycles. The van der Waals surface area contributed by atoms with Crippen LogP contribution >= 0.6 is 11.6 Å². The Hall–Kier alpha value is 0.160. The predicted molar refractivity (Wildman–Crippen MR) is 63.4 cm³/mol. The van der Waals surface area contributed by atoms with Gasteiger partial charge in [-0.15, -0.1) is 11.6 Å². The van der Waals surface area contributed by atoms with Gasteiger partial charge >= 0.3 is 0 Å². The minimum atomic E-state index is -2.85. The number of rotatable bonds is 10. The maximum atomic E-state index is 11.3. The van der Waals surface area contributed by atoms with Crippen LogP contribution in [0.4, 0.5) is 0 Å². The van der Waals surface area contributed by atoms with Gasteiger partial charge < -0.3 is 10.1 Å². The molecule has 6 heteroatoms. The predicted octanol–water partition coefficient (Wildman–Crippen LogP) is 0.656. The van der Waals surface area contributed by atoms with Gasteiger partial charge in [0, 0.05) is 24.7 Å². The fraction of sp³-hybridized carbons (Fsp3) is 1.00. The first-order valence-corrected chi connectivity index (χ1v) is 7.53.